The van der Waals surface area contributed by atoms with Gasteiger partial charge in [0.2, 0.25) is 11.8 Å². The number of fused-ring (bicyclic) bond motifs is 1. The summed E-state index contributed by atoms with van der Waals surface area (Å²) < 4.78 is 0. The van der Waals surface area contributed by atoms with Crippen LogP contribution in [-0.4, -0.2) is 101 Å². The molecule has 8 nitrogen and oxygen atoms in total. The van der Waals surface area contributed by atoms with Crippen LogP contribution in [0.4, 0.5) is 4.79 Å². The Morgan fingerprint density at radius 3 is 2.40 bits per heavy atom. The summed E-state index contributed by atoms with van der Waals surface area (Å²) in [6, 6.07) is 0.480. The second-order valence-electron chi connectivity index (χ2n) is 8.97. The Morgan fingerprint density at radius 2 is 1.63 bits per heavy atom. The van der Waals surface area contributed by atoms with Gasteiger partial charge in [-0.05, 0) is 32.1 Å². The number of piperidine rings is 1. The molecule has 0 saturated carbocycles. The van der Waals surface area contributed by atoms with Crippen LogP contribution in [0.1, 0.15) is 44.9 Å². The normalized spacial score (nSPS) is 29.5. The van der Waals surface area contributed by atoms with Gasteiger partial charge >= 0.3 is 6.03 Å². The van der Waals surface area contributed by atoms with Crippen LogP contribution < -0.4 is 10.6 Å². The average Bonchev–Trinajstić information content (AvgIpc) is 3.31. The third-order valence-corrected chi connectivity index (χ3v) is 8.37. The Balaban J connectivity index is 1.09. The van der Waals surface area contributed by atoms with Crippen molar-refractivity contribution in [2.45, 2.75) is 62.3 Å². The molecule has 4 aliphatic heterocycles. The number of hydrogen-bond donors (Lipinski definition) is 2. The molecule has 4 saturated heterocycles. The first-order chi connectivity index (χ1) is 14.6. The number of urea groups is 1. The summed E-state index contributed by atoms with van der Waals surface area (Å²) in [5.41, 5.74) is 0. The molecule has 0 bridgehead atoms. The molecular formula is C21H35N5O3S. The van der Waals surface area contributed by atoms with Crippen LogP contribution in [0.25, 0.3) is 0 Å². The minimum absolute atomic E-state index is 0.0396. The fourth-order valence-corrected chi connectivity index (χ4v) is 6.56. The summed E-state index contributed by atoms with van der Waals surface area (Å²) in [6.45, 7) is 5.34. The molecule has 0 unspecified atom stereocenters. The lowest BCUT2D eigenvalue weighted by Crippen LogP contribution is -2.52. The van der Waals surface area contributed by atoms with Gasteiger partial charge in [0, 0.05) is 56.7 Å². The Hall–Kier alpha value is -1.48. The smallest absolute Gasteiger partial charge is 0.315 e. The second-order valence-corrected chi connectivity index (χ2v) is 10.2. The van der Waals surface area contributed by atoms with E-state index in [1.807, 2.05) is 21.6 Å². The first-order valence-electron chi connectivity index (χ1n) is 11.6. The molecule has 0 aromatic carbocycles. The van der Waals surface area contributed by atoms with Gasteiger partial charge in [0.25, 0.3) is 0 Å². The third kappa shape index (κ3) is 5.41. The number of hydrogen-bond acceptors (Lipinski definition) is 5. The lowest BCUT2D eigenvalue weighted by atomic mass is 10.0. The highest BCUT2D eigenvalue weighted by Crippen LogP contribution is 2.33. The lowest BCUT2D eigenvalue weighted by Gasteiger charge is -2.36. The van der Waals surface area contributed by atoms with Crippen molar-refractivity contribution < 1.29 is 14.4 Å². The summed E-state index contributed by atoms with van der Waals surface area (Å²) >= 11 is 1.93. The number of piperazine rings is 1. The molecule has 0 aliphatic carbocycles. The summed E-state index contributed by atoms with van der Waals surface area (Å²) in [5.74, 6) is 1.47. The molecule has 168 valence electrons. The maximum absolute atomic E-state index is 12.6. The molecule has 4 rings (SSSR count). The highest BCUT2D eigenvalue weighted by Gasteiger charge is 2.42. The number of likely N-dealkylation sites (tertiary alicyclic amines) is 1. The first-order valence-corrected chi connectivity index (χ1v) is 12.6. The zero-order valence-corrected chi connectivity index (χ0v) is 18.6. The van der Waals surface area contributed by atoms with E-state index in [-0.39, 0.29) is 29.9 Å². The van der Waals surface area contributed by atoms with Crippen molar-refractivity contribution in [3.05, 3.63) is 0 Å². The molecule has 4 amide bonds. The van der Waals surface area contributed by atoms with Crippen LogP contribution in [0.15, 0.2) is 0 Å². The van der Waals surface area contributed by atoms with E-state index in [1.54, 1.807) is 0 Å². The fraction of sp³-hybridized carbons (Fsp3) is 0.857. The predicted octanol–water partition coefficient (Wildman–Crippen LogP) is 0.869. The average molecular weight is 438 g/mol. The van der Waals surface area contributed by atoms with Crippen molar-refractivity contribution in [2.24, 2.45) is 0 Å². The van der Waals surface area contributed by atoms with E-state index in [1.165, 1.54) is 6.42 Å². The van der Waals surface area contributed by atoms with E-state index in [0.717, 1.165) is 77.1 Å². The Morgan fingerprint density at radius 1 is 0.900 bits per heavy atom. The van der Waals surface area contributed by atoms with Crippen LogP contribution in [0.2, 0.25) is 0 Å². The SMILES string of the molecule is O=C1N[C@H]2[C@@H](CS[C@@H]2CCCCC(=O)N2CCN(CC(=O)N3CCCCC3)CC2)N1. The van der Waals surface area contributed by atoms with Crippen molar-refractivity contribution in [1.82, 2.24) is 25.3 Å². The van der Waals surface area contributed by atoms with Crippen LogP contribution in [-0.2, 0) is 9.59 Å². The molecule has 0 spiro atoms. The van der Waals surface area contributed by atoms with Crippen molar-refractivity contribution >= 4 is 29.6 Å². The van der Waals surface area contributed by atoms with E-state index in [0.29, 0.717) is 18.2 Å². The number of thioether (sulfide) groups is 1. The lowest BCUT2D eigenvalue weighted by molar-refractivity contribution is -0.135. The summed E-state index contributed by atoms with van der Waals surface area (Å²) in [5, 5.41) is 6.46. The summed E-state index contributed by atoms with van der Waals surface area (Å²) in [7, 11) is 0. The molecular weight excluding hydrogens is 402 g/mol. The quantitative estimate of drug-likeness (QED) is 0.456. The molecule has 0 aromatic heterocycles. The van der Waals surface area contributed by atoms with Gasteiger partial charge in [-0.15, -0.1) is 0 Å². The number of carbonyl (C=O) groups excluding carboxylic acids is 3. The maximum Gasteiger partial charge on any atom is 0.315 e. The van der Waals surface area contributed by atoms with Crippen LogP contribution in [0.3, 0.4) is 0 Å². The van der Waals surface area contributed by atoms with Gasteiger partial charge in [-0.3, -0.25) is 14.5 Å². The van der Waals surface area contributed by atoms with Crippen molar-refractivity contribution in [3.8, 4) is 0 Å². The Kier molecular flexibility index (Phi) is 7.41. The fourth-order valence-electron chi connectivity index (χ4n) is 5.01. The zero-order valence-electron chi connectivity index (χ0n) is 17.8. The molecule has 0 aromatic rings. The van der Waals surface area contributed by atoms with E-state index in [2.05, 4.69) is 15.5 Å². The topological polar surface area (TPSA) is 85.0 Å². The Bertz CT molecular complexity index is 634. The molecule has 3 atom stereocenters. The molecule has 0 radical (unpaired) electrons. The molecule has 2 N–H and O–H groups in total. The van der Waals surface area contributed by atoms with Crippen LogP contribution >= 0.6 is 11.8 Å². The van der Waals surface area contributed by atoms with E-state index < -0.39 is 0 Å². The summed E-state index contributed by atoms with van der Waals surface area (Å²) in [4.78, 5) is 42.6. The molecule has 4 heterocycles. The zero-order chi connectivity index (χ0) is 20.9. The first kappa shape index (κ1) is 21.7. The van der Waals surface area contributed by atoms with Crippen molar-refractivity contribution in [3.63, 3.8) is 0 Å². The monoisotopic (exact) mass is 437 g/mol. The van der Waals surface area contributed by atoms with Gasteiger partial charge in [0.05, 0.1) is 18.6 Å². The van der Waals surface area contributed by atoms with E-state index in [4.69, 9.17) is 0 Å². The number of nitrogens with one attached hydrogen (secondary N) is 2. The van der Waals surface area contributed by atoms with Gasteiger partial charge in [-0.1, -0.05) is 6.42 Å². The maximum atomic E-state index is 12.6. The molecule has 30 heavy (non-hydrogen) atoms. The Labute approximate surface area is 183 Å². The predicted molar refractivity (Wildman–Crippen MR) is 117 cm³/mol. The third-order valence-electron chi connectivity index (χ3n) is 6.86. The van der Waals surface area contributed by atoms with Gasteiger partial charge in [0.1, 0.15) is 0 Å². The number of rotatable bonds is 7. The number of carbonyl (C=O) groups is 3. The summed E-state index contributed by atoms with van der Waals surface area (Å²) in [6.07, 6.45) is 7.06. The minimum atomic E-state index is -0.0396. The largest absolute Gasteiger partial charge is 0.342 e. The number of nitrogens with zero attached hydrogens (tertiary/aromatic N) is 3. The van der Waals surface area contributed by atoms with Crippen molar-refractivity contribution in [1.29, 1.82) is 0 Å². The standard InChI is InChI=1S/C21H35N5O3S/c27-18(7-3-2-6-17-20-16(15-30-17)22-21(29)23-20)26-12-10-24(11-13-26)14-19(28)25-8-4-1-5-9-25/h16-17,20H,1-15H2,(H2,22,23,29)/t16-,17-,20+/m1/s1. The molecule has 9 heteroatoms. The van der Waals surface area contributed by atoms with Gasteiger partial charge in [-0.2, -0.15) is 11.8 Å². The molecule has 4 fully saturated rings. The van der Waals surface area contributed by atoms with Gasteiger partial charge < -0.3 is 20.4 Å². The minimum Gasteiger partial charge on any atom is -0.342 e. The number of amides is 4. The number of unbranched alkanes of at least 4 members (excludes halogenated alkanes) is 1. The van der Waals surface area contributed by atoms with E-state index >= 15 is 0 Å². The van der Waals surface area contributed by atoms with Gasteiger partial charge in [-0.25, -0.2) is 4.79 Å². The highest BCUT2D eigenvalue weighted by molar-refractivity contribution is 8.00. The highest BCUT2D eigenvalue weighted by atomic mass is 32.2. The van der Waals surface area contributed by atoms with Gasteiger partial charge in [0.15, 0.2) is 0 Å². The second kappa shape index (κ2) is 10.2. The van der Waals surface area contributed by atoms with E-state index in [9.17, 15) is 14.4 Å². The van der Waals surface area contributed by atoms with Crippen LogP contribution in [0, 0.1) is 0 Å². The van der Waals surface area contributed by atoms with Crippen molar-refractivity contribution in [2.75, 3.05) is 51.6 Å². The van der Waals surface area contributed by atoms with Crippen LogP contribution in [0.5, 0.6) is 0 Å². The molecule has 4 aliphatic rings.